The molecule has 0 aliphatic carbocycles. The number of carbonyl (C=O) groups excluding carboxylic acids is 1. The highest BCUT2D eigenvalue weighted by atomic mass is 79.9. The van der Waals surface area contributed by atoms with Crippen molar-refractivity contribution in [2.45, 2.75) is 19.8 Å². The number of rotatable bonds is 5. The van der Waals surface area contributed by atoms with Gasteiger partial charge in [0.2, 0.25) is 0 Å². The molecule has 0 spiro atoms. The Labute approximate surface area is 125 Å². The summed E-state index contributed by atoms with van der Waals surface area (Å²) < 4.78 is 2.71. The van der Waals surface area contributed by atoms with Crippen molar-refractivity contribution in [1.82, 2.24) is 14.9 Å². The molecule has 0 saturated carbocycles. The Hall–Kier alpha value is -1.14. The summed E-state index contributed by atoms with van der Waals surface area (Å²) in [6, 6.07) is 1.81. The van der Waals surface area contributed by atoms with Crippen LogP contribution in [0.5, 0.6) is 0 Å². The second-order valence-electron chi connectivity index (χ2n) is 4.23. The van der Waals surface area contributed by atoms with Gasteiger partial charge in [0.15, 0.2) is 0 Å². The van der Waals surface area contributed by atoms with Gasteiger partial charge in [0.25, 0.3) is 5.91 Å². The monoisotopic (exact) mass is 341 g/mol. The molecule has 0 saturated heterocycles. The van der Waals surface area contributed by atoms with Gasteiger partial charge in [0.1, 0.15) is 5.69 Å². The van der Waals surface area contributed by atoms with Gasteiger partial charge < -0.3 is 9.88 Å². The first-order chi connectivity index (χ1) is 9.10. The standard InChI is InChI=1S/C13H16BrN3OS/c1-3-10-7-16-12(19-10)4-5-15-13(18)11-6-9(14)8-17(11)2/h6-8H,3-5H2,1-2H3,(H,15,18). The molecule has 2 rings (SSSR count). The van der Waals surface area contributed by atoms with E-state index in [1.165, 1.54) is 4.88 Å². The number of carbonyl (C=O) groups is 1. The lowest BCUT2D eigenvalue weighted by atomic mass is 10.3. The highest BCUT2D eigenvalue weighted by Gasteiger charge is 2.10. The first-order valence-electron chi connectivity index (χ1n) is 6.13. The Morgan fingerprint density at radius 1 is 1.58 bits per heavy atom. The zero-order valence-electron chi connectivity index (χ0n) is 10.9. The van der Waals surface area contributed by atoms with Crippen LogP contribution >= 0.6 is 27.3 Å². The molecule has 0 radical (unpaired) electrons. The van der Waals surface area contributed by atoms with Crippen molar-refractivity contribution in [2.75, 3.05) is 6.54 Å². The summed E-state index contributed by atoms with van der Waals surface area (Å²) in [6.45, 7) is 2.73. The molecule has 0 bridgehead atoms. The van der Waals surface area contributed by atoms with E-state index in [0.717, 1.165) is 22.3 Å². The third kappa shape index (κ3) is 3.67. The van der Waals surface area contributed by atoms with Crippen LogP contribution in [0.4, 0.5) is 0 Å². The lowest BCUT2D eigenvalue weighted by Crippen LogP contribution is -2.27. The minimum atomic E-state index is -0.0551. The Morgan fingerprint density at radius 3 is 2.95 bits per heavy atom. The molecule has 6 heteroatoms. The summed E-state index contributed by atoms with van der Waals surface area (Å²) in [5.74, 6) is -0.0551. The van der Waals surface area contributed by atoms with Gasteiger partial charge in [-0.15, -0.1) is 11.3 Å². The van der Waals surface area contributed by atoms with Gasteiger partial charge in [-0.2, -0.15) is 0 Å². The van der Waals surface area contributed by atoms with Gasteiger partial charge in [-0.25, -0.2) is 4.98 Å². The third-order valence-corrected chi connectivity index (χ3v) is 4.41. The van der Waals surface area contributed by atoms with Crippen LogP contribution in [0.25, 0.3) is 0 Å². The van der Waals surface area contributed by atoms with Gasteiger partial charge in [-0.1, -0.05) is 6.92 Å². The smallest absolute Gasteiger partial charge is 0.267 e. The molecule has 2 aromatic heterocycles. The summed E-state index contributed by atoms with van der Waals surface area (Å²) >= 11 is 5.07. The van der Waals surface area contributed by atoms with Crippen molar-refractivity contribution in [3.63, 3.8) is 0 Å². The zero-order valence-corrected chi connectivity index (χ0v) is 13.3. The number of aryl methyl sites for hydroxylation is 2. The Morgan fingerprint density at radius 2 is 2.37 bits per heavy atom. The zero-order chi connectivity index (χ0) is 13.8. The molecule has 2 aromatic rings. The molecule has 19 heavy (non-hydrogen) atoms. The van der Waals surface area contributed by atoms with Gasteiger partial charge in [-0.05, 0) is 28.4 Å². The number of nitrogens with one attached hydrogen (secondary N) is 1. The van der Waals surface area contributed by atoms with E-state index in [9.17, 15) is 4.79 Å². The maximum Gasteiger partial charge on any atom is 0.267 e. The average molecular weight is 342 g/mol. The number of nitrogens with zero attached hydrogens (tertiary/aromatic N) is 2. The van der Waals surface area contributed by atoms with Crippen LogP contribution in [0.1, 0.15) is 27.3 Å². The fraction of sp³-hybridized carbons (Fsp3) is 0.385. The second kappa shape index (κ2) is 6.34. The van der Waals surface area contributed by atoms with E-state index in [4.69, 9.17) is 0 Å². The molecule has 1 N–H and O–H groups in total. The fourth-order valence-corrected chi connectivity index (χ4v) is 3.14. The van der Waals surface area contributed by atoms with Crippen LogP contribution in [-0.2, 0) is 19.9 Å². The van der Waals surface area contributed by atoms with Crippen LogP contribution < -0.4 is 5.32 Å². The van der Waals surface area contributed by atoms with E-state index < -0.39 is 0 Å². The molecule has 0 aliphatic heterocycles. The largest absolute Gasteiger partial charge is 0.350 e. The van der Waals surface area contributed by atoms with E-state index >= 15 is 0 Å². The number of halogens is 1. The van der Waals surface area contributed by atoms with Gasteiger partial charge in [0, 0.05) is 41.8 Å². The van der Waals surface area contributed by atoms with Crippen LogP contribution in [0.2, 0.25) is 0 Å². The Kier molecular flexibility index (Phi) is 4.76. The number of aromatic nitrogens is 2. The fourth-order valence-electron chi connectivity index (χ4n) is 1.75. The second-order valence-corrected chi connectivity index (χ2v) is 6.35. The first-order valence-corrected chi connectivity index (χ1v) is 7.74. The lowest BCUT2D eigenvalue weighted by molar-refractivity contribution is 0.0946. The normalized spacial score (nSPS) is 10.7. The van der Waals surface area contributed by atoms with E-state index in [1.54, 1.807) is 15.9 Å². The third-order valence-electron chi connectivity index (χ3n) is 2.78. The van der Waals surface area contributed by atoms with Crippen LogP contribution in [0, 0.1) is 0 Å². The molecule has 0 unspecified atom stereocenters. The van der Waals surface area contributed by atoms with Crippen LogP contribution in [0.3, 0.4) is 0 Å². The summed E-state index contributed by atoms with van der Waals surface area (Å²) in [5, 5.41) is 3.99. The van der Waals surface area contributed by atoms with Crippen molar-refractivity contribution >= 4 is 33.2 Å². The van der Waals surface area contributed by atoms with Crippen LogP contribution in [-0.4, -0.2) is 22.0 Å². The molecule has 0 atom stereocenters. The first kappa shape index (κ1) is 14.3. The van der Waals surface area contributed by atoms with Gasteiger partial charge in [0.05, 0.1) is 5.01 Å². The van der Waals surface area contributed by atoms with Crippen molar-refractivity contribution in [2.24, 2.45) is 7.05 Å². The molecular formula is C13H16BrN3OS. The van der Waals surface area contributed by atoms with Crippen LogP contribution in [0.15, 0.2) is 22.9 Å². The predicted molar refractivity (Wildman–Crippen MR) is 80.6 cm³/mol. The number of amides is 1. The minimum Gasteiger partial charge on any atom is -0.350 e. The summed E-state index contributed by atoms with van der Waals surface area (Å²) in [7, 11) is 1.86. The summed E-state index contributed by atoms with van der Waals surface area (Å²) in [4.78, 5) is 17.6. The topological polar surface area (TPSA) is 46.9 Å². The summed E-state index contributed by atoms with van der Waals surface area (Å²) in [5.41, 5.74) is 0.653. The minimum absolute atomic E-state index is 0.0551. The molecule has 0 fully saturated rings. The molecule has 1 amide bonds. The Bertz CT molecular complexity index is 576. The van der Waals surface area contributed by atoms with Gasteiger partial charge in [-0.3, -0.25) is 4.79 Å². The molecule has 2 heterocycles. The molecule has 0 aliphatic rings. The molecule has 102 valence electrons. The summed E-state index contributed by atoms with van der Waals surface area (Å²) in [6.07, 6.45) is 5.57. The Balaban J connectivity index is 1.85. The van der Waals surface area contributed by atoms with Crippen molar-refractivity contribution in [3.8, 4) is 0 Å². The van der Waals surface area contributed by atoms with Gasteiger partial charge >= 0.3 is 0 Å². The number of hydrogen-bond donors (Lipinski definition) is 1. The quantitative estimate of drug-likeness (QED) is 0.908. The SMILES string of the molecule is CCc1cnc(CCNC(=O)c2cc(Br)cn2C)s1. The van der Waals surface area contributed by atoms with Crippen molar-refractivity contribution < 1.29 is 4.79 Å². The van der Waals surface area contributed by atoms with Crippen molar-refractivity contribution in [1.29, 1.82) is 0 Å². The van der Waals surface area contributed by atoms with E-state index in [-0.39, 0.29) is 5.91 Å². The van der Waals surface area contributed by atoms with Crippen molar-refractivity contribution in [3.05, 3.63) is 38.5 Å². The predicted octanol–water partition coefficient (Wildman–Crippen LogP) is 2.78. The number of hydrogen-bond acceptors (Lipinski definition) is 3. The molecule has 0 aromatic carbocycles. The van der Waals surface area contributed by atoms with E-state index in [0.29, 0.717) is 12.2 Å². The highest BCUT2D eigenvalue weighted by molar-refractivity contribution is 9.10. The molecule has 4 nitrogen and oxygen atoms in total. The van der Waals surface area contributed by atoms with E-state index in [2.05, 4.69) is 33.2 Å². The maximum atomic E-state index is 12.0. The lowest BCUT2D eigenvalue weighted by Gasteiger charge is -2.04. The van der Waals surface area contributed by atoms with E-state index in [1.807, 2.05) is 25.5 Å². The maximum absolute atomic E-state index is 12.0. The highest BCUT2D eigenvalue weighted by Crippen LogP contribution is 2.14. The number of thiazole rings is 1. The molecular weight excluding hydrogens is 326 g/mol. The average Bonchev–Trinajstić information content (AvgIpc) is 2.95.